The maximum atomic E-state index is 5.90. The zero-order chi connectivity index (χ0) is 17.5. The van der Waals surface area contributed by atoms with E-state index in [1.54, 1.807) is 0 Å². The third-order valence-electron chi connectivity index (χ3n) is 3.92. The molecule has 3 aromatic rings. The summed E-state index contributed by atoms with van der Waals surface area (Å²) >= 11 is 0. The fourth-order valence-corrected chi connectivity index (χ4v) is 2.64. The maximum absolute atomic E-state index is 5.90. The Kier molecular flexibility index (Phi) is 5.57. The van der Waals surface area contributed by atoms with Crippen molar-refractivity contribution >= 4 is 5.69 Å². The number of benzene rings is 3. The first-order valence-corrected chi connectivity index (χ1v) is 8.48. The van der Waals surface area contributed by atoms with Crippen molar-refractivity contribution in [3.63, 3.8) is 0 Å². The average Bonchev–Trinajstić information content (AvgIpc) is 2.63. The van der Waals surface area contributed by atoms with Crippen LogP contribution in [0.3, 0.4) is 0 Å². The first-order valence-electron chi connectivity index (χ1n) is 8.48. The van der Waals surface area contributed by atoms with Crippen molar-refractivity contribution in [1.29, 1.82) is 0 Å². The molecule has 3 nitrogen and oxygen atoms in total. The lowest BCUT2D eigenvalue weighted by Crippen LogP contribution is -2.12. The van der Waals surface area contributed by atoms with Gasteiger partial charge in [0.15, 0.2) is 0 Å². The van der Waals surface area contributed by atoms with E-state index in [1.165, 1.54) is 11.1 Å². The SMILES string of the molecule is Cc1cccc(C)c1OCCNc1ccc(Oc2ccccc2)cc1. The normalized spacial score (nSPS) is 10.3. The highest BCUT2D eigenvalue weighted by Crippen LogP contribution is 2.23. The summed E-state index contributed by atoms with van der Waals surface area (Å²) in [4.78, 5) is 0. The summed E-state index contributed by atoms with van der Waals surface area (Å²) in [5.74, 6) is 2.64. The van der Waals surface area contributed by atoms with E-state index in [0.717, 1.165) is 29.5 Å². The molecule has 0 spiro atoms. The molecule has 0 aliphatic carbocycles. The summed E-state index contributed by atoms with van der Waals surface area (Å²) in [6, 6.07) is 23.9. The minimum atomic E-state index is 0.619. The van der Waals surface area contributed by atoms with Crippen molar-refractivity contribution in [2.75, 3.05) is 18.5 Å². The topological polar surface area (TPSA) is 30.5 Å². The molecule has 25 heavy (non-hydrogen) atoms. The molecule has 0 aromatic heterocycles. The van der Waals surface area contributed by atoms with Crippen LogP contribution in [-0.4, -0.2) is 13.2 Å². The standard InChI is InChI=1S/C22H23NO2/c1-17-7-6-8-18(2)22(17)24-16-15-23-19-11-13-21(14-12-19)25-20-9-4-3-5-10-20/h3-14,23H,15-16H2,1-2H3. The second-order valence-corrected chi connectivity index (χ2v) is 5.94. The number of ether oxygens (including phenoxy) is 2. The molecule has 1 N–H and O–H groups in total. The van der Waals surface area contributed by atoms with Crippen molar-refractivity contribution in [2.45, 2.75) is 13.8 Å². The Morgan fingerprint density at radius 3 is 2.04 bits per heavy atom. The Morgan fingerprint density at radius 1 is 0.720 bits per heavy atom. The van der Waals surface area contributed by atoms with Gasteiger partial charge in [0.05, 0.1) is 0 Å². The van der Waals surface area contributed by atoms with E-state index in [4.69, 9.17) is 9.47 Å². The Morgan fingerprint density at radius 2 is 1.36 bits per heavy atom. The van der Waals surface area contributed by atoms with Gasteiger partial charge in [-0.15, -0.1) is 0 Å². The van der Waals surface area contributed by atoms with E-state index in [2.05, 4.69) is 37.4 Å². The van der Waals surface area contributed by atoms with Crippen LogP contribution in [0, 0.1) is 13.8 Å². The number of rotatable bonds is 7. The lowest BCUT2D eigenvalue weighted by atomic mass is 10.1. The highest BCUT2D eigenvalue weighted by atomic mass is 16.5. The van der Waals surface area contributed by atoms with Crippen molar-refractivity contribution in [3.05, 3.63) is 83.9 Å². The van der Waals surface area contributed by atoms with E-state index >= 15 is 0 Å². The van der Waals surface area contributed by atoms with E-state index in [1.807, 2.05) is 54.6 Å². The molecule has 3 rings (SSSR count). The summed E-state index contributed by atoms with van der Waals surface area (Å²) in [5, 5.41) is 3.36. The zero-order valence-corrected chi connectivity index (χ0v) is 14.7. The molecular weight excluding hydrogens is 310 g/mol. The van der Waals surface area contributed by atoms with Gasteiger partial charge in [-0.2, -0.15) is 0 Å². The number of aryl methyl sites for hydroxylation is 2. The monoisotopic (exact) mass is 333 g/mol. The lowest BCUT2D eigenvalue weighted by molar-refractivity contribution is 0.328. The van der Waals surface area contributed by atoms with Crippen LogP contribution in [0.25, 0.3) is 0 Å². The second kappa shape index (κ2) is 8.25. The van der Waals surface area contributed by atoms with Crippen LogP contribution in [-0.2, 0) is 0 Å². The van der Waals surface area contributed by atoms with Gasteiger partial charge in [-0.3, -0.25) is 0 Å². The van der Waals surface area contributed by atoms with Gasteiger partial charge < -0.3 is 14.8 Å². The number of para-hydroxylation sites is 2. The quantitative estimate of drug-likeness (QED) is 0.572. The lowest BCUT2D eigenvalue weighted by Gasteiger charge is -2.13. The van der Waals surface area contributed by atoms with Gasteiger partial charge in [0, 0.05) is 12.2 Å². The van der Waals surface area contributed by atoms with Crippen LogP contribution in [0.4, 0.5) is 5.69 Å². The molecule has 3 heteroatoms. The van der Waals surface area contributed by atoms with Crippen LogP contribution < -0.4 is 14.8 Å². The van der Waals surface area contributed by atoms with Gasteiger partial charge in [-0.25, -0.2) is 0 Å². The average molecular weight is 333 g/mol. The molecule has 128 valence electrons. The van der Waals surface area contributed by atoms with E-state index in [9.17, 15) is 0 Å². The van der Waals surface area contributed by atoms with Crippen LogP contribution in [0.5, 0.6) is 17.2 Å². The number of anilines is 1. The Labute approximate surface area is 149 Å². The summed E-state index contributed by atoms with van der Waals surface area (Å²) in [6.45, 7) is 5.50. The third kappa shape index (κ3) is 4.77. The van der Waals surface area contributed by atoms with Crippen LogP contribution >= 0.6 is 0 Å². The highest BCUT2D eigenvalue weighted by molar-refractivity contribution is 5.47. The number of hydrogen-bond donors (Lipinski definition) is 1. The molecule has 0 atom stereocenters. The molecule has 0 saturated carbocycles. The fraction of sp³-hybridized carbons (Fsp3) is 0.182. The zero-order valence-electron chi connectivity index (χ0n) is 14.7. The van der Waals surface area contributed by atoms with Crippen LogP contribution in [0.2, 0.25) is 0 Å². The van der Waals surface area contributed by atoms with Crippen LogP contribution in [0.1, 0.15) is 11.1 Å². The third-order valence-corrected chi connectivity index (χ3v) is 3.92. The van der Waals surface area contributed by atoms with Gasteiger partial charge in [0.25, 0.3) is 0 Å². The predicted molar refractivity (Wildman–Crippen MR) is 103 cm³/mol. The molecule has 0 heterocycles. The molecule has 0 radical (unpaired) electrons. The fourth-order valence-electron chi connectivity index (χ4n) is 2.64. The predicted octanol–water partition coefficient (Wildman–Crippen LogP) is 5.59. The number of nitrogens with one attached hydrogen (secondary N) is 1. The van der Waals surface area contributed by atoms with Gasteiger partial charge in [0.1, 0.15) is 23.9 Å². The summed E-state index contributed by atoms with van der Waals surface area (Å²) in [6.07, 6.45) is 0. The summed E-state index contributed by atoms with van der Waals surface area (Å²) < 4.78 is 11.7. The Bertz CT molecular complexity index is 778. The summed E-state index contributed by atoms with van der Waals surface area (Å²) in [5.41, 5.74) is 3.38. The first kappa shape index (κ1) is 16.9. The molecule has 0 saturated heterocycles. The van der Waals surface area contributed by atoms with E-state index < -0.39 is 0 Å². The second-order valence-electron chi connectivity index (χ2n) is 5.94. The largest absolute Gasteiger partial charge is 0.491 e. The minimum absolute atomic E-state index is 0.619. The maximum Gasteiger partial charge on any atom is 0.127 e. The van der Waals surface area contributed by atoms with Crippen molar-refractivity contribution in [3.8, 4) is 17.2 Å². The van der Waals surface area contributed by atoms with E-state index in [-0.39, 0.29) is 0 Å². The van der Waals surface area contributed by atoms with Gasteiger partial charge >= 0.3 is 0 Å². The molecule has 0 bridgehead atoms. The summed E-state index contributed by atoms with van der Waals surface area (Å²) in [7, 11) is 0. The Hall–Kier alpha value is -2.94. The molecule has 0 fully saturated rings. The van der Waals surface area contributed by atoms with E-state index in [0.29, 0.717) is 6.61 Å². The smallest absolute Gasteiger partial charge is 0.127 e. The molecule has 0 aliphatic rings. The van der Waals surface area contributed by atoms with Gasteiger partial charge in [-0.05, 0) is 61.4 Å². The molecule has 0 aliphatic heterocycles. The first-order chi connectivity index (χ1) is 12.2. The van der Waals surface area contributed by atoms with Crippen molar-refractivity contribution in [1.82, 2.24) is 0 Å². The Balaban J connectivity index is 1.47. The minimum Gasteiger partial charge on any atom is -0.491 e. The molecular formula is C22H23NO2. The van der Waals surface area contributed by atoms with Gasteiger partial charge in [-0.1, -0.05) is 36.4 Å². The van der Waals surface area contributed by atoms with Crippen molar-refractivity contribution in [2.24, 2.45) is 0 Å². The molecule has 0 unspecified atom stereocenters. The number of hydrogen-bond acceptors (Lipinski definition) is 3. The van der Waals surface area contributed by atoms with Gasteiger partial charge in [0.2, 0.25) is 0 Å². The molecule has 3 aromatic carbocycles. The van der Waals surface area contributed by atoms with Crippen molar-refractivity contribution < 1.29 is 9.47 Å². The van der Waals surface area contributed by atoms with Crippen LogP contribution in [0.15, 0.2) is 72.8 Å². The molecule has 0 amide bonds. The highest BCUT2D eigenvalue weighted by Gasteiger charge is 2.03.